The topological polar surface area (TPSA) is 70.2 Å². The van der Waals surface area contributed by atoms with Crippen molar-refractivity contribution >= 4 is 29.2 Å². The summed E-state index contributed by atoms with van der Waals surface area (Å²) in [5, 5.41) is 8.12. The van der Waals surface area contributed by atoms with Gasteiger partial charge in [-0.25, -0.2) is 9.18 Å². The van der Waals surface area contributed by atoms with Gasteiger partial charge in [0.25, 0.3) is 0 Å². The molecule has 3 amide bonds. The summed E-state index contributed by atoms with van der Waals surface area (Å²) in [6.45, 7) is 0.0593. The molecule has 0 saturated carbocycles. The molecule has 0 saturated heterocycles. The molecule has 7 heteroatoms. The van der Waals surface area contributed by atoms with Crippen molar-refractivity contribution < 1.29 is 14.0 Å². The summed E-state index contributed by atoms with van der Waals surface area (Å²) in [5.41, 5.74) is 1.31. The van der Waals surface area contributed by atoms with Gasteiger partial charge in [-0.15, -0.1) is 0 Å². The first-order chi connectivity index (χ1) is 11.0. The first-order valence-electron chi connectivity index (χ1n) is 6.84. The molecule has 3 N–H and O–H groups in total. The van der Waals surface area contributed by atoms with Crippen molar-refractivity contribution in [3.63, 3.8) is 0 Å². The predicted molar refractivity (Wildman–Crippen MR) is 86.7 cm³/mol. The molecule has 0 aliphatic rings. The third kappa shape index (κ3) is 5.96. The van der Waals surface area contributed by atoms with E-state index in [0.717, 1.165) is 5.56 Å². The quantitative estimate of drug-likeness (QED) is 0.786. The second-order valence-corrected chi connectivity index (χ2v) is 5.16. The van der Waals surface area contributed by atoms with Crippen LogP contribution < -0.4 is 16.0 Å². The number of urea groups is 1. The Morgan fingerprint density at radius 1 is 1.04 bits per heavy atom. The van der Waals surface area contributed by atoms with Crippen molar-refractivity contribution in [1.29, 1.82) is 0 Å². The number of rotatable bonds is 5. The lowest BCUT2D eigenvalue weighted by Crippen LogP contribution is -2.39. The number of hydrogen-bond acceptors (Lipinski definition) is 2. The maximum absolute atomic E-state index is 12.7. The minimum atomic E-state index is -0.490. The van der Waals surface area contributed by atoms with Crippen molar-refractivity contribution in [2.45, 2.75) is 6.54 Å². The van der Waals surface area contributed by atoms with Crippen LogP contribution in [0, 0.1) is 5.82 Å². The van der Waals surface area contributed by atoms with Crippen LogP contribution in [0.4, 0.5) is 14.9 Å². The summed E-state index contributed by atoms with van der Waals surface area (Å²) in [4.78, 5) is 23.3. The molecule has 0 aliphatic carbocycles. The number of halogens is 2. The van der Waals surface area contributed by atoms with Crippen molar-refractivity contribution in [3.8, 4) is 0 Å². The molecule has 0 heterocycles. The number of benzene rings is 2. The third-order valence-corrected chi connectivity index (χ3v) is 3.12. The van der Waals surface area contributed by atoms with E-state index < -0.39 is 6.03 Å². The zero-order chi connectivity index (χ0) is 16.7. The van der Waals surface area contributed by atoms with Gasteiger partial charge in [0.05, 0.1) is 6.54 Å². The van der Waals surface area contributed by atoms with E-state index in [1.54, 1.807) is 36.4 Å². The lowest BCUT2D eigenvalue weighted by molar-refractivity contribution is -0.115. The molecular formula is C16H15ClFN3O2. The Kier molecular flexibility index (Phi) is 5.94. The minimum Gasteiger partial charge on any atom is -0.334 e. The van der Waals surface area contributed by atoms with Gasteiger partial charge in [0.2, 0.25) is 5.91 Å². The van der Waals surface area contributed by atoms with Gasteiger partial charge in [0, 0.05) is 17.3 Å². The molecule has 0 unspecified atom stereocenters. The van der Waals surface area contributed by atoms with Gasteiger partial charge >= 0.3 is 6.03 Å². The third-order valence-electron chi connectivity index (χ3n) is 2.88. The summed E-state index contributed by atoms with van der Waals surface area (Å²) >= 11 is 5.81. The van der Waals surface area contributed by atoms with Crippen LogP contribution in [0.15, 0.2) is 48.5 Å². The monoisotopic (exact) mass is 335 g/mol. The molecule has 0 fully saturated rings. The number of anilines is 1. The molecule has 5 nitrogen and oxygen atoms in total. The Morgan fingerprint density at radius 2 is 1.78 bits per heavy atom. The highest BCUT2D eigenvalue weighted by atomic mass is 35.5. The normalized spacial score (nSPS) is 10.0. The maximum atomic E-state index is 12.7. The van der Waals surface area contributed by atoms with Crippen LogP contribution >= 0.6 is 11.6 Å². The van der Waals surface area contributed by atoms with Gasteiger partial charge < -0.3 is 16.0 Å². The van der Waals surface area contributed by atoms with Gasteiger partial charge in [0.1, 0.15) is 5.82 Å². The molecule has 0 spiro atoms. The average Bonchev–Trinajstić information content (AvgIpc) is 2.52. The summed E-state index contributed by atoms with van der Waals surface area (Å²) in [7, 11) is 0. The van der Waals surface area contributed by atoms with Crippen molar-refractivity contribution in [2.24, 2.45) is 0 Å². The molecule has 0 atom stereocenters. The van der Waals surface area contributed by atoms with Crippen molar-refractivity contribution in [1.82, 2.24) is 10.6 Å². The van der Waals surface area contributed by atoms with Crippen LogP contribution in [0.2, 0.25) is 5.02 Å². The Morgan fingerprint density at radius 3 is 2.48 bits per heavy atom. The zero-order valence-electron chi connectivity index (χ0n) is 12.1. The lowest BCUT2D eigenvalue weighted by atomic mass is 10.2. The van der Waals surface area contributed by atoms with Crippen molar-refractivity contribution in [3.05, 3.63) is 64.9 Å². The molecule has 23 heavy (non-hydrogen) atoms. The molecule has 0 bridgehead atoms. The fraction of sp³-hybridized carbons (Fsp3) is 0.125. The number of amides is 3. The number of hydrogen-bond donors (Lipinski definition) is 3. The second kappa shape index (κ2) is 8.14. The number of carbonyl (C=O) groups is 2. The van der Waals surface area contributed by atoms with E-state index in [0.29, 0.717) is 10.7 Å². The average molecular weight is 336 g/mol. The zero-order valence-corrected chi connectivity index (χ0v) is 12.9. The Labute approximate surface area is 137 Å². The molecule has 0 aliphatic heterocycles. The maximum Gasteiger partial charge on any atom is 0.315 e. The molecule has 0 aromatic heterocycles. The van der Waals surface area contributed by atoms with Crippen LogP contribution in [-0.4, -0.2) is 18.5 Å². The highest BCUT2D eigenvalue weighted by Crippen LogP contribution is 2.14. The molecular weight excluding hydrogens is 321 g/mol. The highest BCUT2D eigenvalue weighted by Gasteiger charge is 2.06. The van der Waals surface area contributed by atoms with Gasteiger partial charge in [-0.1, -0.05) is 29.8 Å². The number of nitrogens with one attached hydrogen (secondary N) is 3. The summed E-state index contributed by atoms with van der Waals surface area (Å²) in [6.07, 6.45) is 0. The highest BCUT2D eigenvalue weighted by molar-refractivity contribution is 6.30. The Hall–Kier alpha value is -2.60. The van der Waals surface area contributed by atoms with E-state index in [9.17, 15) is 14.0 Å². The lowest BCUT2D eigenvalue weighted by Gasteiger charge is -2.09. The Bertz CT molecular complexity index is 692. The van der Waals surface area contributed by atoms with E-state index in [4.69, 9.17) is 11.6 Å². The minimum absolute atomic E-state index is 0.179. The molecule has 0 radical (unpaired) electrons. The summed E-state index contributed by atoms with van der Waals surface area (Å²) in [5.74, 6) is -0.708. The molecule has 2 rings (SSSR count). The molecule has 2 aromatic rings. The van der Waals surface area contributed by atoms with Crippen LogP contribution in [0.25, 0.3) is 0 Å². The van der Waals surface area contributed by atoms with Crippen molar-refractivity contribution in [2.75, 3.05) is 11.9 Å². The van der Waals surface area contributed by atoms with Gasteiger partial charge in [-0.05, 0) is 35.9 Å². The fourth-order valence-electron chi connectivity index (χ4n) is 1.78. The fourth-order valence-corrected chi connectivity index (χ4v) is 1.97. The predicted octanol–water partition coefficient (Wildman–Crippen LogP) is 2.92. The Balaban J connectivity index is 1.71. The van der Waals surface area contributed by atoms with E-state index >= 15 is 0 Å². The van der Waals surface area contributed by atoms with E-state index in [2.05, 4.69) is 16.0 Å². The first kappa shape index (κ1) is 16.8. The molecule has 2 aromatic carbocycles. The van der Waals surface area contributed by atoms with E-state index in [1.807, 2.05) is 0 Å². The SMILES string of the molecule is O=C(CNC(=O)NCc1ccc(F)cc1)Nc1cccc(Cl)c1. The van der Waals surface area contributed by atoms with Gasteiger partial charge in [-0.2, -0.15) is 0 Å². The van der Waals surface area contributed by atoms with Gasteiger partial charge in [-0.3, -0.25) is 4.79 Å². The van der Waals surface area contributed by atoms with Crippen LogP contribution in [0.1, 0.15) is 5.56 Å². The summed E-state index contributed by atoms with van der Waals surface area (Å²) < 4.78 is 12.7. The van der Waals surface area contributed by atoms with Crippen LogP contribution in [-0.2, 0) is 11.3 Å². The van der Waals surface area contributed by atoms with Crippen LogP contribution in [0.3, 0.4) is 0 Å². The van der Waals surface area contributed by atoms with Gasteiger partial charge in [0.15, 0.2) is 0 Å². The second-order valence-electron chi connectivity index (χ2n) is 4.72. The summed E-state index contributed by atoms with van der Waals surface area (Å²) in [6, 6.07) is 12.0. The number of carbonyl (C=O) groups excluding carboxylic acids is 2. The standard InChI is InChI=1S/C16H15ClFN3O2/c17-12-2-1-3-14(8-12)21-15(22)10-20-16(23)19-9-11-4-6-13(18)7-5-11/h1-8H,9-10H2,(H,21,22)(H2,19,20,23). The van der Waals surface area contributed by atoms with Crippen LogP contribution in [0.5, 0.6) is 0 Å². The van der Waals surface area contributed by atoms with E-state index in [1.165, 1.54) is 12.1 Å². The largest absolute Gasteiger partial charge is 0.334 e. The molecule has 120 valence electrons. The smallest absolute Gasteiger partial charge is 0.315 e. The van der Waals surface area contributed by atoms with E-state index in [-0.39, 0.29) is 24.8 Å². The first-order valence-corrected chi connectivity index (χ1v) is 7.22.